The van der Waals surface area contributed by atoms with Crippen LogP contribution in [0.2, 0.25) is 0 Å². The summed E-state index contributed by atoms with van der Waals surface area (Å²) in [7, 11) is 0. The fourth-order valence-electron chi connectivity index (χ4n) is 4.62. The highest BCUT2D eigenvalue weighted by Gasteiger charge is 2.32. The van der Waals surface area contributed by atoms with Crippen LogP contribution < -0.4 is 0 Å². The van der Waals surface area contributed by atoms with Crippen LogP contribution in [0.3, 0.4) is 0 Å². The summed E-state index contributed by atoms with van der Waals surface area (Å²) in [5, 5.41) is 0. The first-order chi connectivity index (χ1) is 11.0. The van der Waals surface area contributed by atoms with Gasteiger partial charge in [0.25, 0.3) is 0 Å². The third-order valence-electron chi connectivity index (χ3n) is 6.55. The molecule has 24 heavy (non-hydrogen) atoms. The molecule has 0 N–H and O–H groups in total. The molecule has 0 aliphatic carbocycles. The van der Waals surface area contributed by atoms with Crippen LogP contribution >= 0.6 is 0 Å². The maximum absolute atomic E-state index is 2.63. The lowest BCUT2D eigenvalue weighted by molar-refractivity contribution is 0.208. The monoisotopic (exact) mass is 338 g/mol. The SMILES string of the molecule is CC(C)C1CC(C)N(C(C)C)C1.CC(C)C1CN(C(C)C)CC1C. The maximum Gasteiger partial charge on any atom is 0.00729 e. The van der Waals surface area contributed by atoms with Gasteiger partial charge in [0.05, 0.1) is 0 Å². The van der Waals surface area contributed by atoms with Gasteiger partial charge in [0.15, 0.2) is 0 Å². The van der Waals surface area contributed by atoms with E-state index >= 15 is 0 Å². The van der Waals surface area contributed by atoms with Crippen molar-refractivity contribution in [2.75, 3.05) is 19.6 Å². The molecular weight excluding hydrogens is 292 g/mol. The van der Waals surface area contributed by atoms with Crippen LogP contribution in [0, 0.1) is 29.6 Å². The maximum atomic E-state index is 2.63. The lowest BCUT2D eigenvalue weighted by Crippen LogP contribution is -2.34. The topological polar surface area (TPSA) is 6.48 Å². The van der Waals surface area contributed by atoms with Gasteiger partial charge in [-0.15, -0.1) is 0 Å². The highest BCUT2D eigenvalue weighted by atomic mass is 15.2. The van der Waals surface area contributed by atoms with Gasteiger partial charge in [-0.05, 0) is 70.6 Å². The van der Waals surface area contributed by atoms with Crippen molar-refractivity contribution in [1.29, 1.82) is 0 Å². The fraction of sp³-hybridized carbons (Fsp3) is 1.00. The van der Waals surface area contributed by atoms with E-state index in [9.17, 15) is 0 Å². The molecule has 2 heteroatoms. The Bertz CT molecular complexity index is 314. The molecule has 0 spiro atoms. The van der Waals surface area contributed by atoms with Crippen LogP contribution in [0.15, 0.2) is 0 Å². The molecule has 4 atom stereocenters. The first-order valence-electron chi connectivity index (χ1n) is 10.5. The molecular formula is C22H46N2. The van der Waals surface area contributed by atoms with E-state index in [0.717, 1.165) is 47.7 Å². The van der Waals surface area contributed by atoms with Gasteiger partial charge in [0.2, 0.25) is 0 Å². The quantitative estimate of drug-likeness (QED) is 0.679. The van der Waals surface area contributed by atoms with Gasteiger partial charge in [-0.1, -0.05) is 34.6 Å². The van der Waals surface area contributed by atoms with Gasteiger partial charge in [-0.2, -0.15) is 0 Å². The van der Waals surface area contributed by atoms with Crippen molar-refractivity contribution >= 4 is 0 Å². The second-order valence-electron chi connectivity index (χ2n) is 9.81. The van der Waals surface area contributed by atoms with Crippen molar-refractivity contribution in [3.05, 3.63) is 0 Å². The second kappa shape index (κ2) is 9.57. The van der Waals surface area contributed by atoms with Crippen molar-refractivity contribution < 1.29 is 0 Å². The Balaban J connectivity index is 0.000000240. The van der Waals surface area contributed by atoms with E-state index in [2.05, 4.69) is 79.0 Å². The number of hydrogen-bond donors (Lipinski definition) is 0. The molecule has 2 fully saturated rings. The fourth-order valence-corrected chi connectivity index (χ4v) is 4.62. The average Bonchev–Trinajstić information content (AvgIpc) is 3.03. The zero-order valence-corrected chi connectivity index (χ0v) is 18.3. The second-order valence-corrected chi connectivity index (χ2v) is 9.81. The Morgan fingerprint density at radius 1 is 0.708 bits per heavy atom. The van der Waals surface area contributed by atoms with Crippen molar-refractivity contribution in [3.63, 3.8) is 0 Å². The summed E-state index contributed by atoms with van der Waals surface area (Å²) in [6, 6.07) is 2.26. The summed E-state index contributed by atoms with van der Waals surface area (Å²) in [5.74, 6) is 4.46. The van der Waals surface area contributed by atoms with E-state index in [4.69, 9.17) is 0 Å². The third-order valence-corrected chi connectivity index (χ3v) is 6.55. The Hall–Kier alpha value is -0.0800. The molecule has 144 valence electrons. The zero-order chi connectivity index (χ0) is 18.6. The predicted molar refractivity (Wildman–Crippen MR) is 108 cm³/mol. The van der Waals surface area contributed by atoms with Crippen molar-refractivity contribution in [2.45, 2.75) is 93.8 Å². The molecule has 2 saturated heterocycles. The summed E-state index contributed by atoms with van der Waals surface area (Å²) in [4.78, 5) is 5.24. The molecule has 2 aliphatic heterocycles. The van der Waals surface area contributed by atoms with Crippen molar-refractivity contribution in [1.82, 2.24) is 9.80 Å². The number of rotatable bonds is 4. The third kappa shape index (κ3) is 6.02. The first kappa shape index (κ1) is 22.0. The smallest absolute Gasteiger partial charge is 0.00729 e. The van der Waals surface area contributed by atoms with Crippen LogP contribution in [-0.2, 0) is 0 Å². The number of hydrogen-bond acceptors (Lipinski definition) is 2. The molecule has 0 aromatic rings. The summed E-state index contributed by atoms with van der Waals surface area (Å²) in [5.41, 5.74) is 0. The molecule has 0 radical (unpaired) electrons. The predicted octanol–water partition coefficient (Wildman–Crippen LogP) is 5.38. The van der Waals surface area contributed by atoms with Gasteiger partial charge in [0, 0.05) is 37.8 Å². The molecule has 0 saturated carbocycles. The number of likely N-dealkylation sites (tertiary alicyclic amines) is 2. The Labute approximate surface area is 153 Å². The van der Waals surface area contributed by atoms with Crippen LogP contribution in [0.25, 0.3) is 0 Å². The van der Waals surface area contributed by atoms with Gasteiger partial charge in [-0.25, -0.2) is 0 Å². The minimum Gasteiger partial charge on any atom is -0.300 e. The Kier molecular flexibility index (Phi) is 8.76. The summed E-state index contributed by atoms with van der Waals surface area (Å²) < 4.78 is 0. The summed E-state index contributed by atoms with van der Waals surface area (Å²) in [6.07, 6.45) is 1.40. The lowest BCUT2D eigenvalue weighted by Gasteiger charge is -2.25. The largest absolute Gasteiger partial charge is 0.300 e. The molecule has 4 unspecified atom stereocenters. The molecule has 0 aromatic heterocycles. The molecule has 2 rings (SSSR count). The Morgan fingerprint density at radius 3 is 1.54 bits per heavy atom. The lowest BCUT2D eigenvalue weighted by atomic mass is 9.88. The van der Waals surface area contributed by atoms with Crippen molar-refractivity contribution in [3.8, 4) is 0 Å². The van der Waals surface area contributed by atoms with E-state index in [1.807, 2.05) is 0 Å². The standard InChI is InChI=1S/2C11H23N/c1-8(2)11-7-12(9(3)4)6-10(11)5;1-8(2)11-6-10(5)12(7-11)9(3)4/h2*8-11H,6-7H2,1-5H3. The molecule has 2 aliphatic rings. The van der Waals surface area contributed by atoms with Gasteiger partial charge in [0.1, 0.15) is 0 Å². The van der Waals surface area contributed by atoms with Crippen LogP contribution in [-0.4, -0.2) is 47.6 Å². The number of nitrogens with zero attached hydrogens (tertiary/aromatic N) is 2. The van der Waals surface area contributed by atoms with Crippen LogP contribution in [0.4, 0.5) is 0 Å². The summed E-state index contributed by atoms with van der Waals surface area (Å²) >= 11 is 0. The van der Waals surface area contributed by atoms with Crippen molar-refractivity contribution in [2.24, 2.45) is 29.6 Å². The van der Waals surface area contributed by atoms with Gasteiger partial charge < -0.3 is 4.90 Å². The zero-order valence-electron chi connectivity index (χ0n) is 18.3. The normalized spacial score (nSPS) is 32.2. The minimum atomic E-state index is 0.726. The average molecular weight is 339 g/mol. The van der Waals surface area contributed by atoms with Gasteiger partial charge >= 0.3 is 0 Å². The van der Waals surface area contributed by atoms with Crippen LogP contribution in [0.5, 0.6) is 0 Å². The van der Waals surface area contributed by atoms with E-state index in [1.54, 1.807) is 0 Å². The molecule has 0 bridgehead atoms. The molecule has 0 aromatic carbocycles. The minimum absolute atomic E-state index is 0.726. The van der Waals surface area contributed by atoms with Crippen LogP contribution in [0.1, 0.15) is 75.7 Å². The Morgan fingerprint density at radius 2 is 1.29 bits per heavy atom. The van der Waals surface area contributed by atoms with E-state index in [-0.39, 0.29) is 0 Å². The molecule has 2 nitrogen and oxygen atoms in total. The first-order valence-corrected chi connectivity index (χ1v) is 10.5. The molecule has 2 heterocycles. The highest BCUT2D eigenvalue weighted by Crippen LogP contribution is 2.30. The van der Waals surface area contributed by atoms with E-state index in [0.29, 0.717) is 0 Å². The van der Waals surface area contributed by atoms with E-state index < -0.39 is 0 Å². The van der Waals surface area contributed by atoms with E-state index in [1.165, 1.54) is 26.1 Å². The highest BCUT2D eigenvalue weighted by molar-refractivity contribution is 4.86. The summed E-state index contributed by atoms with van der Waals surface area (Å²) in [6.45, 7) is 27.3. The van der Waals surface area contributed by atoms with Gasteiger partial charge in [-0.3, -0.25) is 4.90 Å². The molecule has 0 amide bonds.